The number of benzene rings is 1. The highest BCUT2D eigenvalue weighted by Crippen LogP contribution is 2.36. The van der Waals surface area contributed by atoms with Crippen LogP contribution >= 0.6 is 11.3 Å². The van der Waals surface area contributed by atoms with Crippen LogP contribution in [0.4, 0.5) is 0 Å². The van der Waals surface area contributed by atoms with Crippen molar-refractivity contribution < 1.29 is 24.2 Å². The van der Waals surface area contributed by atoms with E-state index in [1.165, 1.54) is 12.1 Å². The molecule has 0 spiro atoms. The van der Waals surface area contributed by atoms with Gasteiger partial charge in [0.15, 0.2) is 5.43 Å². The minimum absolute atomic E-state index is 0.0724. The molecule has 0 saturated carbocycles. The van der Waals surface area contributed by atoms with E-state index in [4.69, 9.17) is 14.6 Å². The van der Waals surface area contributed by atoms with Crippen LogP contribution in [0.5, 0.6) is 0 Å². The number of aromatic carboxylic acids is 2. The van der Waals surface area contributed by atoms with Crippen molar-refractivity contribution in [1.29, 1.82) is 0 Å². The van der Waals surface area contributed by atoms with Crippen LogP contribution in [0, 0.1) is 0 Å². The van der Waals surface area contributed by atoms with Gasteiger partial charge in [-0.3, -0.25) is 4.79 Å². The molecule has 118 valence electrons. The van der Waals surface area contributed by atoms with E-state index in [0.717, 1.165) is 29.6 Å². The van der Waals surface area contributed by atoms with Gasteiger partial charge in [0.05, 0.1) is 11.1 Å². The summed E-state index contributed by atoms with van der Waals surface area (Å²) in [6.07, 6.45) is 2.47. The van der Waals surface area contributed by atoms with E-state index in [1.807, 2.05) is 6.92 Å². The molecule has 2 N–H and O–H groups in total. The second-order valence-electron chi connectivity index (χ2n) is 5.10. The zero-order valence-corrected chi connectivity index (χ0v) is 12.9. The van der Waals surface area contributed by atoms with Crippen LogP contribution in [-0.2, 0) is 6.42 Å². The van der Waals surface area contributed by atoms with Crippen molar-refractivity contribution in [3.63, 3.8) is 0 Å². The standard InChI is InChI=1S/C16H12O6S/c1-2-3-8-13-9(4-7(6-22-13)15(18)19)12(17)10-5-11(16(20)21)23-14(8)10/h4-6H,2-3H2,1H3,(H,18,19)(H,20,21). The van der Waals surface area contributed by atoms with Crippen molar-refractivity contribution in [2.75, 3.05) is 0 Å². The third kappa shape index (κ3) is 2.39. The zero-order valence-electron chi connectivity index (χ0n) is 12.1. The maximum absolute atomic E-state index is 12.6. The lowest BCUT2D eigenvalue weighted by atomic mass is 9.97. The van der Waals surface area contributed by atoms with Crippen LogP contribution < -0.4 is 5.43 Å². The number of aryl methyl sites for hydroxylation is 1. The van der Waals surface area contributed by atoms with Crippen LogP contribution in [0.25, 0.3) is 21.4 Å². The second-order valence-corrected chi connectivity index (χ2v) is 6.15. The molecule has 2 heterocycles. The fraction of sp³-hybridized carbons (Fsp3) is 0.188. The number of fused-ring (bicyclic) bond motifs is 2. The molecule has 0 saturated heterocycles. The van der Waals surface area contributed by atoms with Gasteiger partial charge >= 0.3 is 11.9 Å². The van der Waals surface area contributed by atoms with Crippen molar-refractivity contribution in [3.05, 3.63) is 44.6 Å². The summed E-state index contributed by atoms with van der Waals surface area (Å²) in [5.74, 6) is -1.96. The SMILES string of the molecule is CCCc1c2occ(C(=O)O)cc-2c(=O)c2cc(C(=O)O)sc12. The van der Waals surface area contributed by atoms with Gasteiger partial charge < -0.3 is 14.6 Å². The van der Waals surface area contributed by atoms with Gasteiger partial charge in [-0.25, -0.2) is 9.59 Å². The monoisotopic (exact) mass is 332 g/mol. The number of rotatable bonds is 4. The Morgan fingerprint density at radius 3 is 2.57 bits per heavy atom. The molecule has 6 nitrogen and oxygen atoms in total. The normalized spacial score (nSPS) is 11.2. The molecule has 1 aliphatic carbocycles. The molecule has 2 aliphatic rings. The van der Waals surface area contributed by atoms with Gasteiger partial charge in [-0.15, -0.1) is 11.3 Å². The summed E-state index contributed by atoms with van der Waals surface area (Å²) in [5, 5.41) is 18.5. The van der Waals surface area contributed by atoms with Gasteiger partial charge in [0.2, 0.25) is 0 Å². The summed E-state index contributed by atoms with van der Waals surface area (Å²) in [6, 6.07) is 2.62. The highest BCUT2D eigenvalue weighted by molar-refractivity contribution is 7.21. The molecular formula is C16H12O6S. The van der Waals surface area contributed by atoms with E-state index in [-0.39, 0.29) is 16.0 Å². The number of hydrogen-bond acceptors (Lipinski definition) is 5. The number of thiophene rings is 1. The lowest BCUT2D eigenvalue weighted by Crippen LogP contribution is -2.10. The van der Waals surface area contributed by atoms with E-state index in [1.54, 1.807) is 0 Å². The van der Waals surface area contributed by atoms with Crippen LogP contribution in [0.1, 0.15) is 38.9 Å². The summed E-state index contributed by atoms with van der Waals surface area (Å²) in [7, 11) is 0. The molecule has 23 heavy (non-hydrogen) atoms. The molecule has 0 aromatic carbocycles. The van der Waals surface area contributed by atoms with E-state index in [2.05, 4.69) is 0 Å². The van der Waals surface area contributed by atoms with Crippen molar-refractivity contribution in [2.45, 2.75) is 19.8 Å². The highest BCUT2D eigenvalue weighted by atomic mass is 32.1. The lowest BCUT2D eigenvalue weighted by molar-refractivity contribution is 0.0686. The maximum Gasteiger partial charge on any atom is 0.345 e. The Morgan fingerprint density at radius 1 is 1.22 bits per heavy atom. The van der Waals surface area contributed by atoms with Gasteiger partial charge in [0.25, 0.3) is 0 Å². The molecule has 0 fully saturated rings. The second kappa shape index (κ2) is 5.51. The molecule has 0 bridgehead atoms. The number of carboxylic acid groups (broad SMARTS) is 2. The largest absolute Gasteiger partial charge is 0.478 e. The maximum atomic E-state index is 12.6. The topological polar surface area (TPSA) is 105 Å². The van der Waals surface area contributed by atoms with Crippen molar-refractivity contribution in [3.8, 4) is 11.3 Å². The molecule has 0 radical (unpaired) electrons. The third-order valence-electron chi connectivity index (χ3n) is 3.58. The Hall–Kier alpha value is -2.67. The molecule has 1 aliphatic heterocycles. The van der Waals surface area contributed by atoms with Crippen molar-refractivity contribution in [2.24, 2.45) is 0 Å². The van der Waals surface area contributed by atoms with Crippen LogP contribution in [0.2, 0.25) is 0 Å². The first kappa shape index (κ1) is 15.2. The molecule has 1 aromatic heterocycles. The average molecular weight is 332 g/mol. The Balaban J connectivity index is 2.46. The summed E-state index contributed by atoms with van der Waals surface area (Å²) < 4.78 is 6.02. The predicted octanol–water partition coefficient (Wildman–Crippen LogP) is 3.31. The Kier molecular flexibility index (Phi) is 3.65. The smallest absolute Gasteiger partial charge is 0.345 e. The van der Waals surface area contributed by atoms with Gasteiger partial charge in [0, 0.05) is 15.6 Å². The van der Waals surface area contributed by atoms with Gasteiger partial charge in [-0.1, -0.05) is 13.3 Å². The Bertz CT molecular complexity index is 965. The fourth-order valence-corrected chi connectivity index (χ4v) is 3.63. The van der Waals surface area contributed by atoms with E-state index >= 15 is 0 Å². The van der Waals surface area contributed by atoms with Crippen LogP contribution in [0.15, 0.2) is 27.6 Å². The summed E-state index contributed by atoms with van der Waals surface area (Å²) >= 11 is 1.04. The third-order valence-corrected chi connectivity index (χ3v) is 4.76. The predicted molar refractivity (Wildman–Crippen MR) is 84.9 cm³/mol. The van der Waals surface area contributed by atoms with Crippen LogP contribution in [0.3, 0.4) is 0 Å². The highest BCUT2D eigenvalue weighted by Gasteiger charge is 2.24. The van der Waals surface area contributed by atoms with Gasteiger partial charge in [-0.2, -0.15) is 0 Å². The molecular weight excluding hydrogens is 320 g/mol. The minimum atomic E-state index is -1.19. The molecule has 1 aromatic rings. The summed E-state index contributed by atoms with van der Waals surface area (Å²) in [6.45, 7) is 1.96. The molecule has 0 amide bonds. The lowest BCUT2D eigenvalue weighted by Gasteiger charge is -2.11. The Morgan fingerprint density at radius 2 is 1.96 bits per heavy atom. The molecule has 0 unspecified atom stereocenters. The Labute approximate surface area is 133 Å². The molecule has 7 heteroatoms. The van der Waals surface area contributed by atoms with Gasteiger partial charge in [0.1, 0.15) is 16.9 Å². The first-order valence-corrected chi connectivity index (χ1v) is 7.73. The summed E-state index contributed by atoms with van der Waals surface area (Å²) in [4.78, 5) is 35.0. The zero-order chi connectivity index (χ0) is 16.7. The van der Waals surface area contributed by atoms with E-state index < -0.39 is 17.4 Å². The molecule has 3 rings (SSSR count). The van der Waals surface area contributed by atoms with E-state index in [0.29, 0.717) is 22.3 Å². The first-order chi connectivity index (χ1) is 10.9. The minimum Gasteiger partial charge on any atom is -0.478 e. The van der Waals surface area contributed by atoms with E-state index in [9.17, 15) is 14.4 Å². The molecule has 0 atom stereocenters. The number of carbonyl (C=O) groups is 2. The van der Waals surface area contributed by atoms with Crippen LogP contribution in [-0.4, -0.2) is 22.2 Å². The van der Waals surface area contributed by atoms with Gasteiger partial charge in [-0.05, 0) is 18.6 Å². The number of hydrogen-bond donors (Lipinski definition) is 2. The fourth-order valence-electron chi connectivity index (χ4n) is 2.57. The van der Waals surface area contributed by atoms with Crippen molar-refractivity contribution in [1.82, 2.24) is 0 Å². The first-order valence-electron chi connectivity index (χ1n) is 6.91. The summed E-state index contributed by atoms with van der Waals surface area (Å²) in [5.41, 5.74) is 0.373. The number of carboxylic acids is 2. The van der Waals surface area contributed by atoms with Crippen molar-refractivity contribution >= 4 is 33.4 Å². The average Bonchev–Trinajstić information content (AvgIpc) is 2.96. The quantitative estimate of drug-likeness (QED) is 0.759.